The molecular weight excluding hydrogens is 354 g/mol. The summed E-state index contributed by atoms with van der Waals surface area (Å²) in [4.78, 5) is 22.7. The number of ether oxygens (including phenoxy) is 1. The Morgan fingerprint density at radius 3 is 2.71 bits per heavy atom. The Balaban J connectivity index is 1.42. The lowest BCUT2D eigenvalue weighted by atomic mass is 10.0. The predicted molar refractivity (Wildman–Crippen MR) is 110 cm³/mol. The summed E-state index contributed by atoms with van der Waals surface area (Å²) in [7, 11) is 1.78. The van der Waals surface area contributed by atoms with Gasteiger partial charge in [-0.05, 0) is 43.2 Å². The molecule has 2 heterocycles. The molecule has 0 radical (unpaired) electrons. The van der Waals surface area contributed by atoms with Crippen molar-refractivity contribution in [3.05, 3.63) is 23.9 Å². The number of carbonyl (C=O) groups is 1. The van der Waals surface area contributed by atoms with Crippen LogP contribution in [0.25, 0.3) is 0 Å². The highest BCUT2D eigenvalue weighted by atomic mass is 16.5. The largest absolute Gasteiger partial charge is 0.477 e. The van der Waals surface area contributed by atoms with Gasteiger partial charge in [-0.3, -0.25) is 9.79 Å². The monoisotopic (exact) mass is 387 g/mol. The van der Waals surface area contributed by atoms with E-state index in [-0.39, 0.29) is 11.8 Å². The molecule has 1 saturated heterocycles. The number of carbonyl (C=O) groups excluding carboxylic acids is 1. The zero-order valence-electron chi connectivity index (χ0n) is 17.3. The average Bonchev–Trinajstić information content (AvgIpc) is 3.54. The lowest BCUT2D eigenvalue weighted by Gasteiger charge is -2.34. The fraction of sp³-hybridized carbons (Fsp3) is 0.667. The Labute approximate surface area is 168 Å². The zero-order valence-corrected chi connectivity index (χ0v) is 17.3. The number of amides is 1. The van der Waals surface area contributed by atoms with E-state index in [2.05, 4.69) is 20.6 Å². The maximum absolute atomic E-state index is 12.1. The van der Waals surface area contributed by atoms with Crippen molar-refractivity contribution in [3.63, 3.8) is 0 Å². The van der Waals surface area contributed by atoms with E-state index in [1.165, 1.54) is 12.8 Å². The van der Waals surface area contributed by atoms with E-state index in [9.17, 15) is 4.79 Å². The fourth-order valence-corrected chi connectivity index (χ4v) is 3.31. The van der Waals surface area contributed by atoms with Gasteiger partial charge in [0.25, 0.3) is 0 Å². The molecular formula is C21H33N5O2. The van der Waals surface area contributed by atoms with Crippen LogP contribution in [0.3, 0.4) is 0 Å². The molecule has 7 nitrogen and oxygen atoms in total. The highest BCUT2D eigenvalue weighted by Gasteiger charge is 2.24. The summed E-state index contributed by atoms with van der Waals surface area (Å²) in [5.41, 5.74) is 1.11. The SMILES string of the molecule is CN=C(NCc1ccnc(OCC2CC2)c1)NC1CCN(C(=O)C(C)C)CC1. The molecule has 1 aliphatic carbocycles. The number of hydrogen-bond donors (Lipinski definition) is 2. The molecule has 0 bridgehead atoms. The Kier molecular flexibility index (Phi) is 7.12. The smallest absolute Gasteiger partial charge is 0.225 e. The second kappa shape index (κ2) is 9.75. The van der Waals surface area contributed by atoms with Crippen molar-refractivity contribution in [1.82, 2.24) is 20.5 Å². The van der Waals surface area contributed by atoms with Gasteiger partial charge >= 0.3 is 0 Å². The molecule has 7 heteroatoms. The van der Waals surface area contributed by atoms with Crippen LogP contribution in [0, 0.1) is 11.8 Å². The van der Waals surface area contributed by atoms with E-state index in [1.54, 1.807) is 13.2 Å². The van der Waals surface area contributed by atoms with E-state index in [4.69, 9.17) is 4.74 Å². The van der Waals surface area contributed by atoms with Crippen molar-refractivity contribution in [1.29, 1.82) is 0 Å². The maximum atomic E-state index is 12.1. The molecule has 0 unspecified atom stereocenters. The molecule has 1 amide bonds. The normalized spacial score (nSPS) is 18.3. The molecule has 0 atom stereocenters. The Bertz CT molecular complexity index is 679. The van der Waals surface area contributed by atoms with Crippen LogP contribution in [0.15, 0.2) is 23.3 Å². The minimum Gasteiger partial charge on any atom is -0.477 e. The third-order valence-electron chi connectivity index (χ3n) is 5.29. The number of aliphatic imine (C=N–C) groups is 1. The summed E-state index contributed by atoms with van der Waals surface area (Å²) in [5, 5.41) is 6.85. The van der Waals surface area contributed by atoms with E-state index < -0.39 is 0 Å². The van der Waals surface area contributed by atoms with Crippen molar-refractivity contribution in [3.8, 4) is 5.88 Å². The quantitative estimate of drug-likeness (QED) is 0.554. The number of piperidine rings is 1. The van der Waals surface area contributed by atoms with E-state index in [0.29, 0.717) is 24.4 Å². The minimum absolute atomic E-state index is 0.0671. The molecule has 0 spiro atoms. The summed E-state index contributed by atoms with van der Waals surface area (Å²) in [6, 6.07) is 4.30. The first-order valence-corrected chi connectivity index (χ1v) is 10.4. The van der Waals surface area contributed by atoms with Gasteiger partial charge in [0.05, 0.1) is 6.61 Å². The lowest BCUT2D eigenvalue weighted by Crippen LogP contribution is -2.50. The lowest BCUT2D eigenvalue weighted by molar-refractivity contribution is -0.135. The number of likely N-dealkylation sites (tertiary alicyclic amines) is 1. The fourth-order valence-electron chi connectivity index (χ4n) is 3.31. The number of rotatable bonds is 7. The maximum Gasteiger partial charge on any atom is 0.225 e. The van der Waals surface area contributed by atoms with Crippen molar-refractivity contribution in [2.75, 3.05) is 26.7 Å². The highest BCUT2D eigenvalue weighted by molar-refractivity contribution is 5.80. The van der Waals surface area contributed by atoms with Crippen LogP contribution in [0.5, 0.6) is 5.88 Å². The number of pyridine rings is 1. The van der Waals surface area contributed by atoms with Crippen molar-refractivity contribution >= 4 is 11.9 Å². The minimum atomic E-state index is 0.0671. The molecule has 2 N–H and O–H groups in total. The number of nitrogens with zero attached hydrogens (tertiary/aromatic N) is 3. The van der Waals surface area contributed by atoms with Crippen molar-refractivity contribution < 1.29 is 9.53 Å². The van der Waals surface area contributed by atoms with Gasteiger partial charge < -0.3 is 20.3 Å². The third kappa shape index (κ3) is 6.11. The van der Waals surface area contributed by atoms with Crippen LogP contribution in [0.2, 0.25) is 0 Å². The van der Waals surface area contributed by atoms with Gasteiger partial charge in [-0.15, -0.1) is 0 Å². The summed E-state index contributed by atoms with van der Waals surface area (Å²) < 4.78 is 5.75. The Morgan fingerprint density at radius 1 is 1.32 bits per heavy atom. The summed E-state index contributed by atoms with van der Waals surface area (Å²) >= 11 is 0. The van der Waals surface area contributed by atoms with E-state index in [1.807, 2.05) is 30.9 Å². The molecule has 1 aromatic rings. The molecule has 1 aromatic heterocycles. The molecule has 2 aliphatic rings. The predicted octanol–water partition coefficient (Wildman–Crippen LogP) is 2.18. The Hall–Kier alpha value is -2.31. The topological polar surface area (TPSA) is 78.9 Å². The zero-order chi connectivity index (χ0) is 19.9. The number of hydrogen-bond acceptors (Lipinski definition) is 4. The molecule has 2 fully saturated rings. The van der Waals surface area contributed by atoms with Gasteiger partial charge in [-0.25, -0.2) is 4.98 Å². The van der Waals surface area contributed by atoms with E-state index in [0.717, 1.165) is 44.1 Å². The summed E-state index contributed by atoms with van der Waals surface area (Å²) in [6.45, 7) is 6.95. The molecule has 28 heavy (non-hydrogen) atoms. The number of guanidine groups is 1. The highest BCUT2D eigenvalue weighted by Crippen LogP contribution is 2.29. The molecule has 154 valence electrons. The first kappa shape index (κ1) is 20.4. The van der Waals surface area contributed by atoms with Gasteiger partial charge in [-0.2, -0.15) is 0 Å². The standard InChI is InChI=1S/C21H33N5O2/c1-15(2)20(27)26-10-7-18(8-11-26)25-21(22-3)24-13-17-6-9-23-19(12-17)28-14-16-4-5-16/h6,9,12,15-16,18H,4-5,7-8,10-11,13-14H2,1-3H3,(H2,22,24,25). The number of nitrogens with one attached hydrogen (secondary N) is 2. The van der Waals surface area contributed by atoms with Gasteiger partial charge in [-0.1, -0.05) is 13.8 Å². The van der Waals surface area contributed by atoms with Crippen LogP contribution in [0.4, 0.5) is 0 Å². The summed E-state index contributed by atoms with van der Waals surface area (Å²) in [5.74, 6) is 2.51. The van der Waals surface area contributed by atoms with Crippen LogP contribution in [-0.4, -0.2) is 54.5 Å². The van der Waals surface area contributed by atoms with Gasteiger partial charge in [0.15, 0.2) is 5.96 Å². The van der Waals surface area contributed by atoms with Crippen LogP contribution >= 0.6 is 0 Å². The Morgan fingerprint density at radius 2 is 2.07 bits per heavy atom. The molecule has 1 saturated carbocycles. The van der Waals surface area contributed by atoms with E-state index >= 15 is 0 Å². The first-order valence-electron chi connectivity index (χ1n) is 10.4. The molecule has 0 aromatic carbocycles. The summed E-state index contributed by atoms with van der Waals surface area (Å²) in [6.07, 6.45) is 6.21. The molecule has 3 rings (SSSR count). The molecule has 1 aliphatic heterocycles. The first-order chi connectivity index (χ1) is 13.5. The van der Waals surface area contributed by atoms with Gasteiger partial charge in [0.1, 0.15) is 0 Å². The number of aromatic nitrogens is 1. The van der Waals surface area contributed by atoms with Gasteiger partial charge in [0.2, 0.25) is 11.8 Å². The second-order valence-electron chi connectivity index (χ2n) is 8.08. The third-order valence-corrected chi connectivity index (χ3v) is 5.29. The van der Waals surface area contributed by atoms with Crippen molar-refractivity contribution in [2.45, 2.75) is 52.1 Å². The second-order valence-corrected chi connectivity index (χ2v) is 8.08. The average molecular weight is 388 g/mol. The van der Waals surface area contributed by atoms with Crippen LogP contribution < -0.4 is 15.4 Å². The van der Waals surface area contributed by atoms with Crippen molar-refractivity contribution in [2.24, 2.45) is 16.8 Å². The van der Waals surface area contributed by atoms with Gasteiger partial charge in [0, 0.05) is 50.9 Å². The van der Waals surface area contributed by atoms with Crippen LogP contribution in [-0.2, 0) is 11.3 Å². The van der Waals surface area contributed by atoms with Crippen LogP contribution in [0.1, 0.15) is 45.1 Å².